The second kappa shape index (κ2) is 8.51. The summed E-state index contributed by atoms with van der Waals surface area (Å²) in [5.74, 6) is 5.42. The number of nitrogens with one attached hydrogen (secondary N) is 1. The molecule has 1 atom stereocenters. The first-order valence-corrected chi connectivity index (χ1v) is 10.5. The Morgan fingerprint density at radius 1 is 1.41 bits per heavy atom. The molecular formula is C19H21BrClN5O. The van der Waals surface area contributed by atoms with Crippen LogP contribution in [0.4, 0.5) is 0 Å². The zero-order chi connectivity index (χ0) is 19.4. The van der Waals surface area contributed by atoms with Gasteiger partial charge in [0.15, 0.2) is 0 Å². The van der Waals surface area contributed by atoms with Crippen molar-refractivity contribution in [3.05, 3.63) is 46.0 Å². The van der Waals surface area contributed by atoms with Crippen molar-refractivity contribution in [2.45, 2.75) is 43.9 Å². The SMILES string of the molecule is N#Cc1ncc(Cl)c(C2(C3CCCCC3)CC(C(=O)NN)=CC=C2CBr)n1. The fourth-order valence-corrected chi connectivity index (χ4v) is 5.35. The van der Waals surface area contributed by atoms with Gasteiger partial charge in [-0.2, -0.15) is 5.26 Å². The summed E-state index contributed by atoms with van der Waals surface area (Å²) < 4.78 is 0. The van der Waals surface area contributed by atoms with Gasteiger partial charge in [0, 0.05) is 16.3 Å². The quantitative estimate of drug-likeness (QED) is 0.316. The number of halogens is 2. The van der Waals surface area contributed by atoms with Crippen LogP contribution in [-0.4, -0.2) is 21.2 Å². The minimum Gasteiger partial charge on any atom is -0.290 e. The number of nitrogens with zero attached hydrogens (tertiary/aromatic N) is 3. The van der Waals surface area contributed by atoms with E-state index in [1.54, 1.807) is 6.08 Å². The minimum absolute atomic E-state index is 0.0814. The summed E-state index contributed by atoms with van der Waals surface area (Å²) in [5.41, 5.74) is 3.98. The summed E-state index contributed by atoms with van der Waals surface area (Å²) in [6.45, 7) is 0. The normalized spacial score (nSPS) is 23.2. The summed E-state index contributed by atoms with van der Waals surface area (Å²) in [5, 5.41) is 10.4. The Kier molecular flexibility index (Phi) is 6.30. The number of hydrogen-bond donors (Lipinski definition) is 2. The summed E-state index contributed by atoms with van der Waals surface area (Å²) >= 11 is 10.2. The molecule has 1 aromatic heterocycles. The molecule has 6 nitrogen and oxygen atoms in total. The van der Waals surface area contributed by atoms with Crippen molar-refractivity contribution >= 4 is 33.4 Å². The molecular weight excluding hydrogens is 430 g/mol. The van der Waals surface area contributed by atoms with Gasteiger partial charge in [-0.05, 0) is 30.8 Å². The van der Waals surface area contributed by atoms with E-state index in [2.05, 4.69) is 31.3 Å². The molecule has 1 amide bonds. The number of rotatable bonds is 4. The van der Waals surface area contributed by atoms with Crippen molar-refractivity contribution < 1.29 is 4.79 Å². The van der Waals surface area contributed by atoms with Gasteiger partial charge >= 0.3 is 0 Å². The smallest absolute Gasteiger partial charge is 0.261 e. The number of amides is 1. The zero-order valence-electron chi connectivity index (χ0n) is 14.8. The molecule has 1 saturated carbocycles. The average molecular weight is 451 g/mol. The van der Waals surface area contributed by atoms with Crippen LogP contribution in [-0.2, 0) is 10.2 Å². The summed E-state index contributed by atoms with van der Waals surface area (Å²) in [4.78, 5) is 20.8. The van der Waals surface area contributed by atoms with E-state index in [1.807, 2.05) is 12.1 Å². The number of carbonyl (C=O) groups excluding carboxylic acids is 1. The van der Waals surface area contributed by atoms with Gasteiger partial charge in [-0.15, -0.1) is 0 Å². The monoisotopic (exact) mass is 449 g/mol. The van der Waals surface area contributed by atoms with E-state index in [0.29, 0.717) is 28.0 Å². The Bertz CT molecular complexity index is 841. The summed E-state index contributed by atoms with van der Waals surface area (Å²) in [6.07, 6.45) is 11.2. The Labute approximate surface area is 172 Å². The van der Waals surface area contributed by atoms with E-state index in [4.69, 9.17) is 17.4 Å². The molecule has 3 rings (SSSR count). The highest BCUT2D eigenvalue weighted by atomic mass is 79.9. The molecule has 0 aromatic carbocycles. The molecule has 3 N–H and O–H groups in total. The highest BCUT2D eigenvalue weighted by Crippen LogP contribution is 2.52. The molecule has 0 bridgehead atoms. The Morgan fingerprint density at radius 3 is 2.78 bits per heavy atom. The van der Waals surface area contributed by atoms with Gasteiger partial charge in [0.25, 0.3) is 5.91 Å². The number of allylic oxidation sites excluding steroid dienone is 3. The van der Waals surface area contributed by atoms with Gasteiger partial charge in [0.1, 0.15) is 6.07 Å². The maximum atomic E-state index is 12.3. The second-order valence-electron chi connectivity index (χ2n) is 6.98. The molecule has 0 spiro atoms. The number of carbonyl (C=O) groups is 1. The van der Waals surface area contributed by atoms with Gasteiger partial charge in [0.2, 0.25) is 5.82 Å². The lowest BCUT2D eigenvalue weighted by Crippen LogP contribution is -2.44. The highest BCUT2D eigenvalue weighted by molar-refractivity contribution is 9.09. The lowest BCUT2D eigenvalue weighted by atomic mass is 9.59. The van der Waals surface area contributed by atoms with Crippen molar-refractivity contribution in [2.24, 2.45) is 11.8 Å². The van der Waals surface area contributed by atoms with Crippen LogP contribution in [0.15, 0.2) is 29.5 Å². The molecule has 0 radical (unpaired) electrons. The van der Waals surface area contributed by atoms with Gasteiger partial charge in [-0.3, -0.25) is 10.2 Å². The first kappa shape index (κ1) is 20.0. The Balaban J connectivity index is 2.22. The lowest BCUT2D eigenvalue weighted by Gasteiger charge is -2.46. The van der Waals surface area contributed by atoms with E-state index in [9.17, 15) is 10.1 Å². The van der Waals surface area contributed by atoms with Crippen LogP contribution in [0.2, 0.25) is 5.02 Å². The van der Waals surface area contributed by atoms with Crippen molar-refractivity contribution in [1.82, 2.24) is 15.4 Å². The predicted molar refractivity (Wildman–Crippen MR) is 107 cm³/mol. The first-order valence-electron chi connectivity index (χ1n) is 8.97. The van der Waals surface area contributed by atoms with Gasteiger partial charge < -0.3 is 0 Å². The molecule has 2 aliphatic carbocycles. The number of alkyl halides is 1. The van der Waals surface area contributed by atoms with E-state index in [-0.39, 0.29) is 17.6 Å². The first-order chi connectivity index (χ1) is 13.1. The van der Waals surface area contributed by atoms with Crippen LogP contribution in [0.1, 0.15) is 50.0 Å². The molecule has 1 unspecified atom stereocenters. The molecule has 1 fully saturated rings. The standard InChI is InChI=1S/C19H21BrClN5O/c20-9-14-7-6-12(18(27)26-23)8-19(14,13-4-2-1-3-5-13)17-15(21)11-24-16(10-22)25-17/h6-7,11,13H,1-5,8-9,23H2,(H,26,27). The van der Waals surface area contributed by atoms with Crippen LogP contribution in [0, 0.1) is 17.2 Å². The number of aromatic nitrogens is 2. The van der Waals surface area contributed by atoms with Crippen molar-refractivity contribution in [2.75, 3.05) is 5.33 Å². The third-order valence-corrected chi connectivity index (χ3v) is 6.54. The molecule has 0 aliphatic heterocycles. The molecule has 1 heterocycles. The average Bonchev–Trinajstić information content (AvgIpc) is 2.73. The Morgan fingerprint density at radius 2 is 2.15 bits per heavy atom. The topological polar surface area (TPSA) is 105 Å². The maximum Gasteiger partial charge on any atom is 0.261 e. The predicted octanol–water partition coefficient (Wildman–Crippen LogP) is 3.46. The van der Waals surface area contributed by atoms with Gasteiger partial charge in [0.05, 0.1) is 16.9 Å². The molecule has 8 heteroatoms. The molecule has 1 aromatic rings. The van der Waals surface area contributed by atoms with E-state index in [0.717, 1.165) is 31.3 Å². The van der Waals surface area contributed by atoms with Crippen molar-refractivity contribution in [1.29, 1.82) is 5.26 Å². The third-order valence-electron chi connectivity index (χ3n) is 5.66. The third kappa shape index (κ3) is 3.66. The lowest BCUT2D eigenvalue weighted by molar-refractivity contribution is -0.117. The van der Waals surface area contributed by atoms with Crippen LogP contribution in [0.3, 0.4) is 0 Å². The zero-order valence-corrected chi connectivity index (χ0v) is 17.2. The van der Waals surface area contributed by atoms with E-state index < -0.39 is 5.41 Å². The number of nitrogens with two attached hydrogens (primary N) is 1. The number of nitriles is 1. The number of hydrazine groups is 1. The van der Waals surface area contributed by atoms with Crippen LogP contribution in [0.25, 0.3) is 0 Å². The summed E-state index contributed by atoms with van der Waals surface area (Å²) in [7, 11) is 0. The largest absolute Gasteiger partial charge is 0.290 e. The van der Waals surface area contributed by atoms with Gasteiger partial charge in [-0.1, -0.05) is 58.9 Å². The maximum absolute atomic E-state index is 12.3. The van der Waals surface area contributed by atoms with Crippen molar-refractivity contribution in [3.8, 4) is 6.07 Å². The fraction of sp³-hybridized carbons (Fsp3) is 0.474. The highest BCUT2D eigenvalue weighted by Gasteiger charge is 2.48. The molecule has 142 valence electrons. The van der Waals surface area contributed by atoms with Crippen LogP contribution < -0.4 is 11.3 Å². The van der Waals surface area contributed by atoms with Crippen molar-refractivity contribution in [3.63, 3.8) is 0 Å². The van der Waals surface area contributed by atoms with Gasteiger partial charge in [-0.25, -0.2) is 15.8 Å². The molecule has 2 aliphatic rings. The molecule has 0 saturated heterocycles. The van der Waals surface area contributed by atoms with Crippen LogP contribution >= 0.6 is 27.5 Å². The minimum atomic E-state index is -0.563. The second-order valence-corrected chi connectivity index (χ2v) is 7.94. The van der Waals surface area contributed by atoms with E-state index >= 15 is 0 Å². The summed E-state index contributed by atoms with van der Waals surface area (Å²) in [6, 6.07) is 2.01. The number of hydrogen-bond acceptors (Lipinski definition) is 5. The fourth-order valence-electron chi connectivity index (χ4n) is 4.40. The molecule has 27 heavy (non-hydrogen) atoms. The Hall–Kier alpha value is -1.75. The van der Waals surface area contributed by atoms with Crippen LogP contribution in [0.5, 0.6) is 0 Å². The van der Waals surface area contributed by atoms with E-state index in [1.165, 1.54) is 12.6 Å².